The Balaban J connectivity index is 1.58. The maximum Gasteiger partial charge on any atom is 0.410 e. The van der Waals surface area contributed by atoms with Gasteiger partial charge in [0.25, 0.3) is 0 Å². The SMILES string of the molecule is CC(C)(C)OC(=O)N1C2CCC1CC(NC1CC1(C)C)C2. The maximum atomic E-state index is 12.4. The van der Waals surface area contributed by atoms with Crippen LogP contribution in [-0.4, -0.2) is 40.8 Å². The first-order chi connectivity index (χ1) is 9.66. The van der Waals surface area contributed by atoms with E-state index in [0.29, 0.717) is 29.6 Å². The molecule has 2 heterocycles. The molecule has 0 aromatic heterocycles. The van der Waals surface area contributed by atoms with Crippen LogP contribution in [-0.2, 0) is 4.74 Å². The Kier molecular flexibility index (Phi) is 3.51. The number of nitrogens with one attached hydrogen (secondary N) is 1. The van der Waals surface area contributed by atoms with Gasteiger partial charge in [-0.1, -0.05) is 13.8 Å². The molecule has 21 heavy (non-hydrogen) atoms. The van der Waals surface area contributed by atoms with Gasteiger partial charge in [-0.15, -0.1) is 0 Å². The van der Waals surface area contributed by atoms with Crippen molar-refractivity contribution in [3.8, 4) is 0 Å². The molecule has 0 radical (unpaired) electrons. The topological polar surface area (TPSA) is 41.6 Å². The maximum absolute atomic E-state index is 12.4. The van der Waals surface area contributed by atoms with E-state index in [0.717, 1.165) is 25.7 Å². The van der Waals surface area contributed by atoms with Gasteiger partial charge in [-0.3, -0.25) is 0 Å². The van der Waals surface area contributed by atoms with Gasteiger partial charge in [0.05, 0.1) is 0 Å². The number of piperidine rings is 1. The summed E-state index contributed by atoms with van der Waals surface area (Å²) in [5.41, 5.74) is 0.0744. The van der Waals surface area contributed by atoms with Crippen molar-refractivity contribution in [2.75, 3.05) is 0 Å². The highest BCUT2D eigenvalue weighted by Gasteiger charge is 2.50. The van der Waals surface area contributed by atoms with E-state index in [-0.39, 0.29) is 6.09 Å². The average Bonchev–Trinajstić information content (AvgIpc) is 2.79. The van der Waals surface area contributed by atoms with Crippen molar-refractivity contribution in [2.45, 2.75) is 96.5 Å². The Labute approximate surface area is 128 Å². The summed E-state index contributed by atoms with van der Waals surface area (Å²) in [6.07, 6.45) is 5.62. The van der Waals surface area contributed by atoms with Crippen molar-refractivity contribution in [2.24, 2.45) is 5.41 Å². The Hall–Kier alpha value is -0.770. The van der Waals surface area contributed by atoms with Crippen LogP contribution in [0.2, 0.25) is 0 Å². The van der Waals surface area contributed by atoms with Gasteiger partial charge in [-0.05, 0) is 58.3 Å². The highest BCUT2D eigenvalue weighted by atomic mass is 16.6. The highest BCUT2D eigenvalue weighted by molar-refractivity contribution is 5.69. The fourth-order valence-electron chi connectivity index (χ4n) is 3.96. The fraction of sp³-hybridized carbons (Fsp3) is 0.941. The first-order valence-corrected chi connectivity index (χ1v) is 8.43. The Bertz CT molecular complexity index is 413. The molecule has 0 aromatic carbocycles. The molecule has 3 atom stereocenters. The van der Waals surface area contributed by atoms with E-state index in [2.05, 4.69) is 19.2 Å². The summed E-state index contributed by atoms with van der Waals surface area (Å²) < 4.78 is 5.59. The van der Waals surface area contributed by atoms with Gasteiger partial charge in [-0.25, -0.2) is 4.79 Å². The predicted molar refractivity (Wildman–Crippen MR) is 83.2 cm³/mol. The van der Waals surface area contributed by atoms with Crippen LogP contribution in [0.5, 0.6) is 0 Å². The van der Waals surface area contributed by atoms with Gasteiger partial charge in [0, 0.05) is 24.2 Å². The van der Waals surface area contributed by atoms with Crippen LogP contribution in [0.4, 0.5) is 4.79 Å². The lowest BCUT2D eigenvalue weighted by Gasteiger charge is -2.40. The van der Waals surface area contributed by atoms with Gasteiger partial charge in [0.15, 0.2) is 0 Å². The first-order valence-electron chi connectivity index (χ1n) is 8.43. The van der Waals surface area contributed by atoms with E-state index in [1.54, 1.807) is 0 Å². The molecule has 1 amide bonds. The van der Waals surface area contributed by atoms with E-state index in [4.69, 9.17) is 4.74 Å². The largest absolute Gasteiger partial charge is 0.444 e. The Morgan fingerprint density at radius 3 is 2.14 bits per heavy atom. The van der Waals surface area contributed by atoms with Crippen LogP contribution >= 0.6 is 0 Å². The molecule has 1 saturated carbocycles. The number of carbonyl (C=O) groups excluding carboxylic acids is 1. The van der Waals surface area contributed by atoms with E-state index >= 15 is 0 Å². The van der Waals surface area contributed by atoms with Crippen molar-refractivity contribution >= 4 is 6.09 Å². The van der Waals surface area contributed by atoms with Crippen molar-refractivity contribution in [3.05, 3.63) is 0 Å². The molecule has 0 spiro atoms. The monoisotopic (exact) mass is 294 g/mol. The van der Waals surface area contributed by atoms with E-state index < -0.39 is 5.60 Å². The third kappa shape index (κ3) is 3.20. The van der Waals surface area contributed by atoms with Crippen LogP contribution in [0.3, 0.4) is 0 Å². The minimum Gasteiger partial charge on any atom is -0.444 e. The summed E-state index contributed by atoms with van der Waals surface area (Å²) in [5, 5.41) is 3.81. The van der Waals surface area contributed by atoms with Crippen LogP contribution in [0.15, 0.2) is 0 Å². The molecule has 0 aromatic rings. The van der Waals surface area contributed by atoms with Gasteiger partial charge >= 0.3 is 6.09 Å². The second-order valence-corrected chi connectivity index (χ2v) is 8.85. The average molecular weight is 294 g/mol. The number of nitrogens with zero attached hydrogens (tertiary/aromatic N) is 1. The second kappa shape index (κ2) is 4.87. The van der Waals surface area contributed by atoms with E-state index in [1.807, 2.05) is 25.7 Å². The molecule has 3 unspecified atom stereocenters. The molecule has 4 nitrogen and oxygen atoms in total. The summed E-state index contributed by atoms with van der Waals surface area (Å²) in [4.78, 5) is 14.4. The Morgan fingerprint density at radius 2 is 1.71 bits per heavy atom. The molecule has 2 aliphatic heterocycles. The van der Waals surface area contributed by atoms with Crippen molar-refractivity contribution < 1.29 is 9.53 Å². The summed E-state index contributed by atoms with van der Waals surface area (Å²) in [5.74, 6) is 0. The lowest BCUT2D eigenvalue weighted by atomic mass is 9.97. The predicted octanol–water partition coefficient (Wildman–Crippen LogP) is 3.31. The van der Waals surface area contributed by atoms with Gasteiger partial charge in [0.1, 0.15) is 5.60 Å². The van der Waals surface area contributed by atoms with Gasteiger partial charge in [-0.2, -0.15) is 0 Å². The Morgan fingerprint density at radius 1 is 1.19 bits per heavy atom. The lowest BCUT2D eigenvalue weighted by Crippen LogP contribution is -2.53. The molecule has 1 aliphatic carbocycles. The normalized spacial score (nSPS) is 37.5. The highest BCUT2D eigenvalue weighted by Crippen LogP contribution is 2.46. The zero-order valence-electron chi connectivity index (χ0n) is 14.1. The number of rotatable bonds is 2. The standard InChI is InChI=1S/C17H30N2O2/c1-16(2,3)21-15(20)19-12-6-7-13(19)9-11(8-12)18-14-10-17(14,4)5/h11-14,18H,6-10H2,1-5H3. The summed E-state index contributed by atoms with van der Waals surface area (Å²) >= 11 is 0. The van der Waals surface area contributed by atoms with Crippen LogP contribution < -0.4 is 5.32 Å². The lowest BCUT2D eigenvalue weighted by molar-refractivity contribution is 0.00455. The van der Waals surface area contributed by atoms with Crippen molar-refractivity contribution in [1.29, 1.82) is 0 Å². The third-order valence-corrected chi connectivity index (χ3v) is 5.29. The summed E-state index contributed by atoms with van der Waals surface area (Å²) in [6, 6.07) is 2.00. The number of hydrogen-bond donors (Lipinski definition) is 1. The summed E-state index contributed by atoms with van der Waals surface area (Å²) in [6.45, 7) is 10.5. The first kappa shape index (κ1) is 15.1. The molecule has 4 heteroatoms. The van der Waals surface area contributed by atoms with Crippen LogP contribution in [0.25, 0.3) is 0 Å². The molecule has 2 saturated heterocycles. The minimum atomic E-state index is -0.399. The molecule has 3 rings (SSSR count). The summed E-state index contributed by atoms with van der Waals surface area (Å²) in [7, 11) is 0. The van der Waals surface area contributed by atoms with E-state index in [1.165, 1.54) is 6.42 Å². The molecule has 2 bridgehead atoms. The third-order valence-electron chi connectivity index (χ3n) is 5.29. The fourth-order valence-corrected chi connectivity index (χ4v) is 3.96. The minimum absolute atomic E-state index is 0.111. The zero-order chi connectivity index (χ0) is 15.4. The second-order valence-electron chi connectivity index (χ2n) is 8.85. The van der Waals surface area contributed by atoms with Gasteiger partial charge in [0.2, 0.25) is 0 Å². The van der Waals surface area contributed by atoms with E-state index in [9.17, 15) is 4.79 Å². The quantitative estimate of drug-likeness (QED) is 0.849. The number of hydrogen-bond acceptors (Lipinski definition) is 3. The zero-order valence-corrected chi connectivity index (χ0v) is 14.1. The molecule has 3 fully saturated rings. The van der Waals surface area contributed by atoms with Gasteiger partial charge < -0.3 is 15.0 Å². The number of ether oxygens (including phenoxy) is 1. The molecule has 1 N–H and O–H groups in total. The number of carbonyl (C=O) groups is 1. The van der Waals surface area contributed by atoms with Crippen molar-refractivity contribution in [3.63, 3.8) is 0 Å². The number of amides is 1. The molecule has 120 valence electrons. The molecule has 3 aliphatic rings. The molecular formula is C17H30N2O2. The van der Waals surface area contributed by atoms with Crippen LogP contribution in [0, 0.1) is 5.41 Å². The smallest absolute Gasteiger partial charge is 0.410 e. The molecular weight excluding hydrogens is 264 g/mol. The van der Waals surface area contributed by atoms with Crippen LogP contribution in [0.1, 0.15) is 66.7 Å². The van der Waals surface area contributed by atoms with Crippen molar-refractivity contribution in [1.82, 2.24) is 10.2 Å². The number of fused-ring (bicyclic) bond motifs is 2.